The first kappa shape index (κ1) is 20.0. The van der Waals surface area contributed by atoms with Crippen LogP contribution >= 0.6 is 11.3 Å². The van der Waals surface area contributed by atoms with E-state index in [0.29, 0.717) is 11.7 Å². The number of hydrogen-bond acceptors (Lipinski definition) is 5. The fraction of sp³-hybridized carbons (Fsp3) is 0.273. The van der Waals surface area contributed by atoms with Crippen LogP contribution in [0.5, 0.6) is 5.75 Å². The van der Waals surface area contributed by atoms with Crippen LogP contribution in [-0.2, 0) is 4.79 Å². The Morgan fingerprint density at radius 3 is 2.61 bits per heavy atom. The van der Waals surface area contributed by atoms with Crippen molar-refractivity contribution in [1.29, 1.82) is 0 Å². The normalized spacial score (nSPS) is 11.4. The second-order valence-corrected chi connectivity index (χ2v) is 7.70. The number of amides is 1. The maximum Gasteiger partial charge on any atom is 0.252 e. The molecular weight excluding hydrogens is 370 g/mol. The zero-order valence-electron chi connectivity index (χ0n) is 16.5. The number of nitrogens with zero attached hydrogens (tertiary/aromatic N) is 3. The summed E-state index contributed by atoms with van der Waals surface area (Å²) in [5, 5.41) is 0.695. The van der Waals surface area contributed by atoms with Crippen LogP contribution in [0.3, 0.4) is 0 Å². The van der Waals surface area contributed by atoms with Gasteiger partial charge in [0.25, 0.3) is 5.91 Å². The molecule has 1 aromatic heterocycles. The molecule has 0 radical (unpaired) electrons. The largest absolute Gasteiger partial charge is 0.494 e. The number of rotatable bonds is 8. The van der Waals surface area contributed by atoms with Crippen molar-refractivity contribution in [2.45, 2.75) is 6.42 Å². The Morgan fingerprint density at radius 1 is 1.11 bits per heavy atom. The highest BCUT2D eigenvalue weighted by atomic mass is 32.1. The summed E-state index contributed by atoms with van der Waals surface area (Å²) in [4.78, 5) is 21.6. The van der Waals surface area contributed by atoms with Gasteiger partial charge in [-0.1, -0.05) is 47.7 Å². The van der Waals surface area contributed by atoms with Crippen molar-refractivity contribution in [2.24, 2.45) is 0 Å². The predicted octanol–water partition coefficient (Wildman–Crippen LogP) is 4.30. The zero-order chi connectivity index (χ0) is 19.9. The van der Waals surface area contributed by atoms with Crippen LogP contribution in [0, 0.1) is 0 Å². The summed E-state index contributed by atoms with van der Waals surface area (Å²) < 4.78 is 6.43. The Morgan fingerprint density at radius 2 is 1.89 bits per heavy atom. The van der Waals surface area contributed by atoms with E-state index < -0.39 is 0 Å². The van der Waals surface area contributed by atoms with E-state index in [1.54, 1.807) is 18.1 Å². The van der Waals surface area contributed by atoms with Crippen LogP contribution in [0.15, 0.2) is 54.6 Å². The molecule has 0 aliphatic rings. The number of para-hydroxylation sites is 1. The summed E-state index contributed by atoms with van der Waals surface area (Å²) >= 11 is 1.51. The fourth-order valence-electron chi connectivity index (χ4n) is 2.86. The number of ether oxygens (including phenoxy) is 1. The molecule has 2 aromatic carbocycles. The summed E-state index contributed by atoms with van der Waals surface area (Å²) in [6, 6.07) is 15.7. The van der Waals surface area contributed by atoms with Crippen molar-refractivity contribution < 1.29 is 9.53 Å². The van der Waals surface area contributed by atoms with Gasteiger partial charge in [-0.2, -0.15) is 0 Å². The number of thiazole rings is 1. The van der Waals surface area contributed by atoms with Gasteiger partial charge in [-0.25, -0.2) is 4.98 Å². The molecule has 0 unspecified atom stereocenters. The van der Waals surface area contributed by atoms with Crippen molar-refractivity contribution >= 4 is 38.7 Å². The van der Waals surface area contributed by atoms with Crippen LogP contribution < -0.4 is 9.64 Å². The Balaban J connectivity index is 1.88. The maximum atomic E-state index is 13.0. The Bertz CT molecular complexity index is 951. The van der Waals surface area contributed by atoms with Gasteiger partial charge in [0, 0.05) is 12.6 Å². The van der Waals surface area contributed by atoms with Crippen LogP contribution in [-0.4, -0.2) is 50.1 Å². The highest BCUT2D eigenvalue weighted by Gasteiger charge is 2.19. The van der Waals surface area contributed by atoms with E-state index in [2.05, 4.69) is 4.90 Å². The Kier molecular flexibility index (Phi) is 6.79. The van der Waals surface area contributed by atoms with Crippen LogP contribution in [0.4, 0.5) is 5.13 Å². The van der Waals surface area contributed by atoms with Gasteiger partial charge in [-0.3, -0.25) is 9.69 Å². The quantitative estimate of drug-likeness (QED) is 0.534. The number of fused-ring (bicyclic) bond motifs is 1. The first-order valence-corrected chi connectivity index (χ1v) is 10.0. The lowest BCUT2D eigenvalue weighted by molar-refractivity contribution is -0.114. The lowest BCUT2D eigenvalue weighted by Gasteiger charge is -2.19. The van der Waals surface area contributed by atoms with E-state index in [1.807, 2.05) is 68.7 Å². The number of benzene rings is 2. The summed E-state index contributed by atoms with van der Waals surface area (Å²) in [5.74, 6) is 0.654. The number of aromatic nitrogens is 1. The molecule has 5 nitrogen and oxygen atoms in total. The minimum Gasteiger partial charge on any atom is -0.494 e. The van der Waals surface area contributed by atoms with Gasteiger partial charge in [0.1, 0.15) is 11.3 Å². The molecular formula is C22H25N3O2S. The predicted molar refractivity (Wildman–Crippen MR) is 117 cm³/mol. The maximum absolute atomic E-state index is 13.0. The van der Waals surface area contributed by atoms with Crippen molar-refractivity contribution in [3.8, 4) is 5.75 Å². The number of carbonyl (C=O) groups excluding carboxylic acids is 1. The molecule has 0 atom stereocenters. The minimum absolute atomic E-state index is 0.0689. The minimum atomic E-state index is -0.0689. The second-order valence-electron chi connectivity index (χ2n) is 6.69. The Hall–Kier alpha value is -2.70. The average Bonchev–Trinajstić information content (AvgIpc) is 3.14. The number of methoxy groups -OCH3 is 1. The van der Waals surface area contributed by atoms with E-state index in [1.165, 1.54) is 11.3 Å². The molecule has 28 heavy (non-hydrogen) atoms. The van der Waals surface area contributed by atoms with Crippen molar-refractivity contribution in [2.75, 3.05) is 39.2 Å². The first-order valence-electron chi connectivity index (χ1n) is 9.21. The van der Waals surface area contributed by atoms with Crippen molar-refractivity contribution in [1.82, 2.24) is 9.88 Å². The van der Waals surface area contributed by atoms with Gasteiger partial charge in [0.15, 0.2) is 5.13 Å². The molecule has 6 heteroatoms. The molecule has 0 aliphatic carbocycles. The third-order valence-electron chi connectivity index (χ3n) is 4.29. The third-order valence-corrected chi connectivity index (χ3v) is 5.34. The molecule has 1 amide bonds. The fourth-order valence-corrected chi connectivity index (χ4v) is 3.87. The standard InChI is InChI=1S/C22H25N3O2S/c1-24(2)15-8-16-25(20(26)14-13-17-9-5-4-6-10-17)22-23-21-18(27-3)11-7-12-19(21)28-22/h4-7,9-14H,8,15-16H2,1-3H3/b14-13+. The van der Waals surface area contributed by atoms with Gasteiger partial charge in [-0.05, 0) is 50.8 Å². The molecule has 3 rings (SSSR count). The number of anilines is 1. The van der Waals surface area contributed by atoms with Gasteiger partial charge >= 0.3 is 0 Å². The lowest BCUT2D eigenvalue weighted by Crippen LogP contribution is -2.32. The van der Waals surface area contributed by atoms with Crippen LogP contribution in [0.25, 0.3) is 16.3 Å². The summed E-state index contributed by atoms with van der Waals surface area (Å²) in [5.41, 5.74) is 1.79. The monoisotopic (exact) mass is 395 g/mol. The topological polar surface area (TPSA) is 45.7 Å². The number of carbonyl (C=O) groups is 1. The second kappa shape index (κ2) is 9.48. The molecule has 0 aliphatic heterocycles. The molecule has 0 saturated heterocycles. The van der Waals surface area contributed by atoms with Gasteiger partial charge in [-0.15, -0.1) is 0 Å². The molecule has 0 fully saturated rings. The smallest absolute Gasteiger partial charge is 0.252 e. The Labute approximate surface area is 169 Å². The summed E-state index contributed by atoms with van der Waals surface area (Å²) in [7, 11) is 5.70. The van der Waals surface area contributed by atoms with E-state index in [9.17, 15) is 4.79 Å². The van der Waals surface area contributed by atoms with Crippen LogP contribution in [0.2, 0.25) is 0 Å². The molecule has 0 N–H and O–H groups in total. The van der Waals surface area contributed by atoms with Gasteiger partial charge < -0.3 is 9.64 Å². The molecule has 0 saturated carbocycles. The van der Waals surface area contributed by atoms with E-state index >= 15 is 0 Å². The molecule has 1 heterocycles. The zero-order valence-corrected chi connectivity index (χ0v) is 17.3. The van der Waals surface area contributed by atoms with Gasteiger partial charge in [0.2, 0.25) is 0 Å². The first-order chi connectivity index (χ1) is 13.6. The molecule has 0 spiro atoms. The average molecular weight is 396 g/mol. The van der Waals surface area contributed by atoms with E-state index in [-0.39, 0.29) is 5.91 Å². The SMILES string of the molecule is COc1cccc2sc(N(CCCN(C)C)C(=O)/C=C/c3ccccc3)nc12. The number of hydrogen-bond donors (Lipinski definition) is 0. The molecule has 3 aromatic rings. The van der Waals surface area contributed by atoms with E-state index in [4.69, 9.17) is 9.72 Å². The van der Waals surface area contributed by atoms with Crippen molar-refractivity contribution in [3.05, 3.63) is 60.2 Å². The van der Waals surface area contributed by atoms with Gasteiger partial charge in [0.05, 0.1) is 11.8 Å². The third kappa shape index (κ3) is 4.97. The highest BCUT2D eigenvalue weighted by molar-refractivity contribution is 7.22. The van der Waals surface area contributed by atoms with Crippen molar-refractivity contribution in [3.63, 3.8) is 0 Å². The summed E-state index contributed by atoms with van der Waals surface area (Å²) in [6.07, 6.45) is 4.33. The van der Waals surface area contributed by atoms with E-state index in [0.717, 1.165) is 34.5 Å². The van der Waals surface area contributed by atoms with Crippen LogP contribution in [0.1, 0.15) is 12.0 Å². The molecule has 0 bridgehead atoms. The summed E-state index contributed by atoms with van der Waals surface area (Å²) in [6.45, 7) is 1.51. The lowest BCUT2D eigenvalue weighted by atomic mass is 10.2. The highest BCUT2D eigenvalue weighted by Crippen LogP contribution is 2.34. The molecule has 146 valence electrons.